The first-order valence-electron chi connectivity index (χ1n) is 12.0. The third-order valence-electron chi connectivity index (χ3n) is 11.1. The Bertz CT molecular complexity index is 722. The molecule has 0 aliphatic heterocycles. The SMILES string of the molecule is CC1(C)C2CCC1(C)C(OC(OC1CC3CCC1(C)C3(C)C)c1ccccc1)C2. The Morgan fingerprint density at radius 3 is 1.52 bits per heavy atom. The molecule has 0 spiro atoms. The van der Waals surface area contributed by atoms with Gasteiger partial charge >= 0.3 is 0 Å². The first-order valence-corrected chi connectivity index (χ1v) is 12.0. The van der Waals surface area contributed by atoms with Crippen LogP contribution in [-0.4, -0.2) is 12.2 Å². The predicted molar refractivity (Wildman–Crippen MR) is 117 cm³/mol. The Balaban J connectivity index is 1.41. The number of ether oxygens (including phenoxy) is 2. The Labute approximate surface area is 177 Å². The predicted octanol–water partition coefficient (Wildman–Crippen LogP) is 7.15. The van der Waals surface area contributed by atoms with Gasteiger partial charge in [0.25, 0.3) is 0 Å². The van der Waals surface area contributed by atoms with Gasteiger partial charge in [-0.15, -0.1) is 0 Å². The average Bonchev–Trinajstić information content (AvgIpc) is 3.20. The van der Waals surface area contributed by atoms with Gasteiger partial charge in [-0.05, 0) is 72.0 Å². The Kier molecular flexibility index (Phi) is 4.38. The molecule has 160 valence electrons. The highest BCUT2D eigenvalue weighted by Gasteiger charge is 2.64. The van der Waals surface area contributed by atoms with E-state index in [0.717, 1.165) is 11.8 Å². The van der Waals surface area contributed by atoms with Crippen LogP contribution >= 0.6 is 0 Å². The molecule has 4 bridgehead atoms. The molecular weight excluding hydrogens is 356 g/mol. The lowest BCUT2D eigenvalue weighted by molar-refractivity contribution is -0.240. The summed E-state index contributed by atoms with van der Waals surface area (Å²) in [5.41, 5.74) is 2.41. The lowest BCUT2D eigenvalue weighted by Crippen LogP contribution is -2.41. The van der Waals surface area contributed by atoms with Crippen LogP contribution in [-0.2, 0) is 9.47 Å². The van der Waals surface area contributed by atoms with Crippen molar-refractivity contribution in [2.45, 2.75) is 98.6 Å². The van der Waals surface area contributed by atoms with E-state index in [9.17, 15) is 0 Å². The Hall–Kier alpha value is -0.860. The van der Waals surface area contributed by atoms with Gasteiger partial charge in [0, 0.05) is 5.56 Å². The van der Waals surface area contributed by atoms with E-state index in [-0.39, 0.29) is 17.1 Å². The van der Waals surface area contributed by atoms with Crippen molar-refractivity contribution in [3.05, 3.63) is 35.9 Å². The zero-order chi connectivity index (χ0) is 20.7. The number of benzene rings is 1. The topological polar surface area (TPSA) is 18.5 Å². The summed E-state index contributed by atoms with van der Waals surface area (Å²) >= 11 is 0. The van der Waals surface area contributed by atoms with Crippen LogP contribution in [0, 0.1) is 33.5 Å². The quantitative estimate of drug-likeness (QED) is 0.492. The molecule has 0 amide bonds. The summed E-state index contributed by atoms with van der Waals surface area (Å²) in [7, 11) is 0. The second kappa shape index (κ2) is 6.33. The minimum Gasteiger partial charge on any atom is -0.345 e. The maximum Gasteiger partial charge on any atom is 0.184 e. The van der Waals surface area contributed by atoms with Crippen molar-refractivity contribution >= 4 is 0 Å². The third-order valence-corrected chi connectivity index (χ3v) is 11.1. The van der Waals surface area contributed by atoms with E-state index < -0.39 is 0 Å². The van der Waals surface area contributed by atoms with E-state index >= 15 is 0 Å². The fourth-order valence-corrected chi connectivity index (χ4v) is 7.77. The fourth-order valence-electron chi connectivity index (χ4n) is 7.77. The minimum atomic E-state index is -0.245. The van der Waals surface area contributed by atoms with Crippen molar-refractivity contribution in [1.82, 2.24) is 0 Å². The molecular formula is C27H40O2. The summed E-state index contributed by atoms with van der Waals surface area (Å²) in [5, 5.41) is 0. The highest BCUT2D eigenvalue weighted by molar-refractivity contribution is 5.18. The van der Waals surface area contributed by atoms with E-state index in [1.54, 1.807) is 0 Å². The standard InChI is InChI=1S/C27H40O2/c1-24(2)19-12-14-26(24,5)21(16-19)28-23(18-10-8-7-9-11-18)29-22-17-20-13-15-27(22,6)25(20,3)4/h7-11,19-23H,12-17H2,1-6H3. The van der Waals surface area contributed by atoms with E-state index in [1.165, 1.54) is 44.1 Å². The van der Waals surface area contributed by atoms with Gasteiger partial charge in [0.05, 0.1) is 12.2 Å². The second-order valence-corrected chi connectivity index (χ2v) is 12.2. The molecule has 2 nitrogen and oxygen atoms in total. The molecule has 29 heavy (non-hydrogen) atoms. The van der Waals surface area contributed by atoms with Crippen molar-refractivity contribution in [3.63, 3.8) is 0 Å². The molecule has 2 heteroatoms. The summed E-state index contributed by atoms with van der Waals surface area (Å²) in [4.78, 5) is 0. The lowest BCUT2D eigenvalue weighted by atomic mass is 9.70. The van der Waals surface area contributed by atoms with Gasteiger partial charge in [-0.25, -0.2) is 0 Å². The molecule has 4 fully saturated rings. The molecule has 1 aromatic carbocycles. The Morgan fingerprint density at radius 1 is 0.724 bits per heavy atom. The molecule has 0 aromatic heterocycles. The van der Waals surface area contributed by atoms with Crippen molar-refractivity contribution < 1.29 is 9.47 Å². The van der Waals surface area contributed by atoms with E-state index in [1.807, 2.05) is 0 Å². The second-order valence-electron chi connectivity index (χ2n) is 12.2. The van der Waals surface area contributed by atoms with Crippen LogP contribution in [0.2, 0.25) is 0 Å². The summed E-state index contributed by atoms with van der Waals surface area (Å²) in [6.07, 6.45) is 8.00. The number of rotatable bonds is 5. The highest BCUT2D eigenvalue weighted by atomic mass is 16.7. The van der Waals surface area contributed by atoms with Gasteiger partial charge < -0.3 is 9.47 Å². The molecule has 0 saturated heterocycles. The maximum atomic E-state index is 6.93. The minimum absolute atomic E-state index is 0.245. The summed E-state index contributed by atoms with van der Waals surface area (Å²) in [6, 6.07) is 10.7. The molecule has 4 aliphatic rings. The van der Waals surface area contributed by atoms with Crippen LogP contribution in [0.25, 0.3) is 0 Å². The van der Waals surface area contributed by atoms with Gasteiger partial charge in [0.1, 0.15) is 0 Å². The molecule has 4 saturated carbocycles. The highest BCUT2D eigenvalue weighted by Crippen LogP contribution is 2.68. The maximum absolute atomic E-state index is 6.93. The van der Waals surface area contributed by atoms with Crippen LogP contribution in [0.4, 0.5) is 0 Å². The third kappa shape index (κ3) is 2.61. The molecule has 6 atom stereocenters. The van der Waals surface area contributed by atoms with E-state index in [0.29, 0.717) is 23.0 Å². The molecule has 6 unspecified atom stereocenters. The van der Waals surface area contributed by atoms with Crippen molar-refractivity contribution in [2.75, 3.05) is 0 Å². The van der Waals surface area contributed by atoms with Crippen molar-refractivity contribution in [3.8, 4) is 0 Å². The fraction of sp³-hybridized carbons (Fsp3) is 0.778. The molecule has 0 N–H and O–H groups in total. The van der Waals surface area contributed by atoms with Crippen molar-refractivity contribution in [1.29, 1.82) is 0 Å². The van der Waals surface area contributed by atoms with Gasteiger partial charge in [-0.3, -0.25) is 0 Å². The molecule has 0 radical (unpaired) electrons. The van der Waals surface area contributed by atoms with Gasteiger partial charge in [0.2, 0.25) is 0 Å². The molecule has 0 heterocycles. The van der Waals surface area contributed by atoms with Crippen LogP contribution in [0.3, 0.4) is 0 Å². The Morgan fingerprint density at radius 2 is 1.17 bits per heavy atom. The first-order chi connectivity index (χ1) is 13.6. The van der Waals surface area contributed by atoms with E-state index in [4.69, 9.17) is 9.47 Å². The zero-order valence-electron chi connectivity index (χ0n) is 19.3. The van der Waals surface area contributed by atoms with Gasteiger partial charge in [-0.2, -0.15) is 0 Å². The summed E-state index contributed by atoms with van der Waals surface area (Å²) in [6.45, 7) is 14.8. The normalized spacial score (nSPS) is 45.0. The van der Waals surface area contributed by atoms with Gasteiger partial charge in [-0.1, -0.05) is 71.9 Å². The number of fused-ring (bicyclic) bond motifs is 4. The van der Waals surface area contributed by atoms with Crippen LogP contribution in [0.15, 0.2) is 30.3 Å². The number of hydrogen-bond donors (Lipinski definition) is 0. The smallest absolute Gasteiger partial charge is 0.184 e. The van der Waals surface area contributed by atoms with Crippen LogP contribution in [0.1, 0.15) is 91.9 Å². The van der Waals surface area contributed by atoms with E-state index in [2.05, 4.69) is 71.9 Å². The lowest BCUT2D eigenvalue weighted by Gasteiger charge is -2.43. The van der Waals surface area contributed by atoms with Crippen molar-refractivity contribution in [2.24, 2.45) is 33.5 Å². The van der Waals surface area contributed by atoms with Gasteiger partial charge in [0.15, 0.2) is 6.29 Å². The largest absolute Gasteiger partial charge is 0.345 e. The first kappa shape index (κ1) is 20.1. The van der Waals surface area contributed by atoms with Crippen LogP contribution in [0.5, 0.6) is 0 Å². The summed E-state index contributed by atoms with van der Waals surface area (Å²) < 4.78 is 13.9. The van der Waals surface area contributed by atoms with Crippen LogP contribution < -0.4 is 0 Å². The molecule has 1 aromatic rings. The molecule has 4 aliphatic carbocycles. The molecule has 5 rings (SSSR count). The number of hydrogen-bond acceptors (Lipinski definition) is 2. The average molecular weight is 397 g/mol. The monoisotopic (exact) mass is 396 g/mol. The zero-order valence-corrected chi connectivity index (χ0v) is 19.3. The summed E-state index contributed by atoms with van der Waals surface area (Å²) in [5.74, 6) is 1.57.